The van der Waals surface area contributed by atoms with E-state index in [9.17, 15) is 4.79 Å². The number of likely N-dealkylation sites (tertiary alicyclic amines) is 2. The number of nitrogens with one attached hydrogen (secondary N) is 1. The summed E-state index contributed by atoms with van der Waals surface area (Å²) in [5.74, 6) is 1.90. The van der Waals surface area contributed by atoms with E-state index in [4.69, 9.17) is 22.3 Å². The predicted molar refractivity (Wildman–Crippen MR) is 127 cm³/mol. The molecular formula is C24H31ClN6O. The summed E-state index contributed by atoms with van der Waals surface area (Å²) in [4.78, 5) is 22.7. The Balaban J connectivity index is 1.39. The average molecular weight is 455 g/mol. The van der Waals surface area contributed by atoms with E-state index in [1.54, 1.807) is 0 Å². The molecule has 0 saturated carbocycles. The van der Waals surface area contributed by atoms with Gasteiger partial charge < -0.3 is 15.5 Å². The lowest BCUT2D eigenvalue weighted by atomic mass is 9.95. The maximum Gasteiger partial charge on any atom is 0.255 e. The number of fused-ring (bicyclic) bond motifs is 1. The van der Waals surface area contributed by atoms with Crippen molar-refractivity contribution in [1.29, 1.82) is 0 Å². The molecular weight excluding hydrogens is 424 g/mol. The second kappa shape index (κ2) is 8.54. The molecule has 2 unspecified atom stereocenters. The van der Waals surface area contributed by atoms with E-state index < -0.39 is 0 Å². The highest BCUT2D eigenvalue weighted by Crippen LogP contribution is 2.31. The molecule has 170 valence electrons. The van der Waals surface area contributed by atoms with Crippen LogP contribution >= 0.6 is 11.6 Å². The molecule has 1 aromatic rings. The number of carbonyl (C=O) groups is 1. The van der Waals surface area contributed by atoms with Gasteiger partial charge >= 0.3 is 0 Å². The molecule has 4 aliphatic rings. The Kier molecular flexibility index (Phi) is 5.73. The first-order valence-corrected chi connectivity index (χ1v) is 11.9. The second-order valence-corrected chi connectivity index (χ2v) is 9.74. The monoisotopic (exact) mass is 454 g/mol. The van der Waals surface area contributed by atoms with Crippen molar-refractivity contribution in [2.45, 2.75) is 57.7 Å². The summed E-state index contributed by atoms with van der Waals surface area (Å²) in [6.07, 6.45) is 8.32. The molecule has 1 aromatic carbocycles. The summed E-state index contributed by atoms with van der Waals surface area (Å²) in [6.45, 7) is 6.59. The van der Waals surface area contributed by atoms with Crippen molar-refractivity contribution < 1.29 is 4.79 Å². The molecule has 3 atom stereocenters. The zero-order chi connectivity index (χ0) is 22.4. The number of nitrogens with zero attached hydrogens (tertiary/aromatic N) is 4. The van der Waals surface area contributed by atoms with Crippen molar-refractivity contribution in [2.24, 2.45) is 10.7 Å². The third-order valence-corrected chi connectivity index (χ3v) is 7.18. The van der Waals surface area contributed by atoms with Gasteiger partial charge in [-0.1, -0.05) is 17.7 Å². The van der Waals surface area contributed by atoms with Gasteiger partial charge in [0.25, 0.3) is 5.91 Å². The smallest absolute Gasteiger partial charge is 0.255 e. The molecule has 3 N–H and O–H groups in total. The Bertz CT molecular complexity index is 1020. The molecule has 32 heavy (non-hydrogen) atoms. The van der Waals surface area contributed by atoms with Gasteiger partial charge in [-0.3, -0.25) is 9.80 Å². The largest absolute Gasteiger partial charge is 0.355 e. The Labute approximate surface area is 194 Å². The lowest BCUT2D eigenvalue weighted by molar-refractivity contribution is 0.0561. The minimum absolute atomic E-state index is 0.00598. The Morgan fingerprint density at radius 1 is 1.22 bits per heavy atom. The predicted octanol–water partition coefficient (Wildman–Crippen LogP) is 3.02. The zero-order valence-electron chi connectivity index (χ0n) is 18.7. The van der Waals surface area contributed by atoms with Crippen LogP contribution in [0.4, 0.5) is 0 Å². The van der Waals surface area contributed by atoms with Crippen LogP contribution in [0.15, 0.2) is 46.9 Å². The normalized spacial score (nSPS) is 27.8. The number of carbonyl (C=O) groups excluding carboxylic acids is 1. The lowest BCUT2D eigenvalue weighted by Crippen LogP contribution is -2.54. The highest BCUT2D eigenvalue weighted by atomic mass is 35.5. The van der Waals surface area contributed by atoms with Crippen LogP contribution in [0.3, 0.4) is 0 Å². The number of amidine groups is 1. The van der Waals surface area contributed by atoms with Crippen LogP contribution in [0.2, 0.25) is 5.02 Å². The van der Waals surface area contributed by atoms with Gasteiger partial charge in [0.2, 0.25) is 0 Å². The molecule has 0 spiro atoms. The molecule has 0 aliphatic carbocycles. The summed E-state index contributed by atoms with van der Waals surface area (Å²) in [6, 6.07) is 5.92. The van der Waals surface area contributed by atoms with Crippen molar-refractivity contribution in [3.8, 4) is 0 Å². The Hall–Kier alpha value is -2.35. The maximum atomic E-state index is 13.4. The molecule has 5 rings (SSSR count). The lowest BCUT2D eigenvalue weighted by Gasteiger charge is -2.39. The van der Waals surface area contributed by atoms with Crippen LogP contribution in [0.25, 0.3) is 0 Å². The Morgan fingerprint density at radius 2 is 2.06 bits per heavy atom. The number of rotatable bonds is 2. The molecule has 2 fully saturated rings. The van der Waals surface area contributed by atoms with Crippen molar-refractivity contribution >= 4 is 23.3 Å². The number of piperidine rings is 1. The Morgan fingerprint density at radius 3 is 2.81 bits per heavy atom. The third-order valence-electron chi connectivity index (χ3n) is 6.86. The van der Waals surface area contributed by atoms with Crippen LogP contribution in [-0.2, 0) is 0 Å². The van der Waals surface area contributed by atoms with E-state index in [1.165, 1.54) is 0 Å². The van der Waals surface area contributed by atoms with Gasteiger partial charge in [0.05, 0.1) is 22.7 Å². The number of aliphatic imine (C=N–C) groups is 1. The second-order valence-electron chi connectivity index (χ2n) is 9.34. The highest BCUT2D eigenvalue weighted by Gasteiger charge is 2.38. The van der Waals surface area contributed by atoms with Crippen LogP contribution < -0.4 is 11.2 Å². The van der Waals surface area contributed by atoms with E-state index in [2.05, 4.69) is 29.5 Å². The fourth-order valence-electron chi connectivity index (χ4n) is 5.18. The van der Waals surface area contributed by atoms with Gasteiger partial charge in [0, 0.05) is 37.4 Å². The molecule has 0 bridgehead atoms. The average Bonchev–Trinajstić information content (AvgIpc) is 3.38. The van der Waals surface area contributed by atoms with Gasteiger partial charge in [-0.25, -0.2) is 10.4 Å². The van der Waals surface area contributed by atoms with Gasteiger partial charge in [0.1, 0.15) is 11.7 Å². The number of hydrogen-bond acceptors (Lipinski definition) is 6. The number of hydrogen-bond donors (Lipinski definition) is 2. The van der Waals surface area contributed by atoms with Crippen LogP contribution in [0, 0.1) is 6.92 Å². The van der Waals surface area contributed by atoms with Crippen LogP contribution in [0.1, 0.15) is 48.5 Å². The number of nitrogens with two attached hydrogens (primary N) is 1. The van der Waals surface area contributed by atoms with Gasteiger partial charge in [0.15, 0.2) is 0 Å². The highest BCUT2D eigenvalue weighted by molar-refractivity contribution is 6.33. The zero-order valence-corrected chi connectivity index (χ0v) is 19.5. The summed E-state index contributed by atoms with van der Waals surface area (Å²) in [5, 5.41) is 2.52. The van der Waals surface area contributed by atoms with Gasteiger partial charge in [-0.15, -0.1) is 0 Å². The molecule has 4 aliphatic heterocycles. The standard InChI is InChI=1S/C24H31ClN6O/c1-15-6-7-18(19(25)11-15)24(32)30-9-4-3-5-21(30)20-12-22-27-23(16(2)13-31(22)28-20)29-10-8-17(26)14-29/h6-7,11-13,17,20-21,28H,3-5,8-10,14,26H2,1-2H3/t17-,20?,21?/m0/s1. The van der Waals surface area contributed by atoms with Gasteiger partial charge in [-0.05, 0) is 63.3 Å². The fraction of sp³-hybridized carbons (Fsp3) is 0.500. The van der Waals surface area contributed by atoms with Crippen molar-refractivity contribution in [1.82, 2.24) is 20.2 Å². The summed E-state index contributed by atoms with van der Waals surface area (Å²) >= 11 is 6.43. The summed E-state index contributed by atoms with van der Waals surface area (Å²) in [5.41, 5.74) is 12.4. The van der Waals surface area contributed by atoms with Crippen LogP contribution in [0.5, 0.6) is 0 Å². The SMILES string of the molecule is CC1=CN2NC(C3CCCCN3C(=O)c3ccc(C)cc3Cl)C=C2N=C1N1CC[C@H](N)C1. The molecule has 0 aromatic heterocycles. The first-order chi connectivity index (χ1) is 15.4. The molecule has 7 nitrogen and oxygen atoms in total. The molecule has 0 radical (unpaired) electrons. The number of hydrazine groups is 1. The molecule has 1 amide bonds. The first-order valence-electron chi connectivity index (χ1n) is 11.5. The van der Waals surface area contributed by atoms with Crippen molar-refractivity contribution in [3.63, 3.8) is 0 Å². The summed E-state index contributed by atoms with van der Waals surface area (Å²) in [7, 11) is 0. The van der Waals surface area contributed by atoms with Crippen molar-refractivity contribution in [3.05, 3.63) is 58.0 Å². The molecule has 8 heteroatoms. The number of benzene rings is 1. The van der Waals surface area contributed by atoms with E-state index in [0.717, 1.165) is 68.1 Å². The van der Waals surface area contributed by atoms with Gasteiger partial charge in [-0.2, -0.15) is 0 Å². The van der Waals surface area contributed by atoms with E-state index >= 15 is 0 Å². The number of halogens is 1. The third kappa shape index (κ3) is 3.93. The minimum atomic E-state index is 0.00598. The molecule has 4 heterocycles. The number of amides is 1. The van der Waals surface area contributed by atoms with E-state index in [0.29, 0.717) is 10.6 Å². The first kappa shape index (κ1) is 21.5. The minimum Gasteiger partial charge on any atom is -0.355 e. The van der Waals surface area contributed by atoms with Crippen LogP contribution in [-0.4, -0.2) is 64.3 Å². The molecule has 2 saturated heterocycles. The summed E-state index contributed by atoms with van der Waals surface area (Å²) < 4.78 is 0. The maximum absolute atomic E-state index is 13.4. The number of aryl methyl sites for hydroxylation is 1. The van der Waals surface area contributed by atoms with Crippen molar-refractivity contribution in [2.75, 3.05) is 19.6 Å². The van der Waals surface area contributed by atoms with E-state index in [1.807, 2.05) is 35.0 Å². The van der Waals surface area contributed by atoms with E-state index in [-0.39, 0.29) is 24.0 Å². The topological polar surface area (TPSA) is 77.2 Å². The quantitative estimate of drug-likeness (QED) is 0.718. The fourth-order valence-corrected chi connectivity index (χ4v) is 5.49.